The van der Waals surface area contributed by atoms with Crippen LogP contribution < -0.4 is 10.6 Å². The van der Waals surface area contributed by atoms with Crippen LogP contribution in [0.1, 0.15) is 25.3 Å². The predicted octanol–water partition coefficient (Wildman–Crippen LogP) is 1.73. The Labute approximate surface area is 125 Å². The first-order chi connectivity index (χ1) is 10.2. The van der Waals surface area contributed by atoms with Gasteiger partial charge in [-0.25, -0.2) is 0 Å². The Morgan fingerprint density at radius 2 is 2.19 bits per heavy atom. The Balaban J connectivity index is 1.71. The Morgan fingerprint density at radius 1 is 1.38 bits per heavy atom. The Kier molecular flexibility index (Phi) is 5.60. The van der Waals surface area contributed by atoms with E-state index in [1.54, 1.807) is 6.92 Å². The van der Waals surface area contributed by atoms with Gasteiger partial charge in [-0.05, 0) is 31.4 Å². The highest BCUT2D eigenvalue weighted by Crippen LogP contribution is 2.24. The Hall–Kier alpha value is -2.04. The molecule has 0 fully saturated rings. The molecule has 1 aromatic rings. The number of amides is 1. The van der Waals surface area contributed by atoms with Crippen molar-refractivity contribution >= 4 is 17.6 Å². The van der Waals surface area contributed by atoms with Gasteiger partial charge in [0.25, 0.3) is 0 Å². The van der Waals surface area contributed by atoms with Crippen LogP contribution in [-0.2, 0) is 20.7 Å². The zero-order valence-corrected chi connectivity index (χ0v) is 12.4. The van der Waals surface area contributed by atoms with Gasteiger partial charge < -0.3 is 15.4 Å². The summed E-state index contributed by atoms with van der Waals surface area (Å²) in [5.74, 6) is -0.219. The van der Waals surface area contributed by atoms with Crippen LogP contribution in [0.5, 0.6) is 0 Å². The van der Waals surface area contributed by atoms with E-state index >= 15 is 0 Å². The van der Waals surface area contributed by atoms with E-state index in [9.17, 15) is 9.59 Å². The molecule has 0 aliphatic carbocycles. The fourth-order valence-corrected chi connectivity index (χ4v) is 2.45. The van der Waals surface area contributed by atoms with Crippen LogP contribution in [0.25, 0.3) is 0 Å². The molecular formula is C16H22N2O3. The van der Waals surface area contributed by atoms with Crippen molar-refractivity contribution in [2.24, 2.45) is 5.92 Å². The first-order valence-electron chi connectivity index (χ1n) is 7.45. The summed E-state index contributed by atoms with van der Waals surface area (Å²) in [6, 6.07) is 8.05. The lowest BCUT2D eigenvalue weighted by molar-refractivity contribution is -0.143. The number of anilines is 1. The largest absolute Gasteiger partial charge is 0.466 e. The number of hydrogen-bond acceptors (Lipinski definition) is 4. The van der Waals surface area contributed by atoms with E-state index in [0.29, 0.717) is 32.5 Å². The van der Waals surface area contributed by atoms with Crippen LogP contribution in [0.4, 0.5) is 5.69 Å². The van der Waals surface area contributed by atoms with Gasteiger partial charge >= 0.3 is 5.97 Å². The molecule has 21 heavy (non-hydrogen) atoms. The first-order valence-corrected chi connectivity index (χ1v) is 7.45. The number of carbonyl (C=O) groups is 2. The second-order valence-corrected chi connectivity index (χ2v) is 5.14. The SMILES string of the molecule is CCOC(=O)CCCNC(=O)C1CNc2ccccc2C1. The average molecular weight is 290 g/mol. The minimum Gasteiger partial charge on any atom is -0.466 e. The molecule has 1 unspecified atom stereocenters. The number of hydrogen-bond donors (Lipinski definition) is 2. The molecule has 0 bridgehead atoms. The maximum Gasteiger partial charge on any atom is 0.305 e. The zero-order chi connectivity index (χ0) is 15.1. The van der Waals surface area contributed by atoms with Crippen molar-refractivity contribution in [3.8, 4) is 0 Å². The molecule has 5 nitrogen and oxygen atoms in total. The van der Waals surface area contributed by atoms with E-state index in [4.69, 9.17) is 4.74 Å². The summed E-state index contributed by atoms with van der Waals surface area (Å²) >= 11 is 0. The minimum atomic E-state index is -0.208. The quantitative estimate of drug-likeness (QED) is 0.618. The van der Waals surface area contributed by atoms with E-state index in [1.165, 1.54) is 5.56 Å². The molecule has 0 saturated heterocycles. The van der Waals surface area contributed by atoms with Crippen LogP contribution in [0.3, 0.4) is 0 Å². The number of benzene rings is 1. The average Bonchev–Trinajstić information content (AvgIpc) is 2.51. The second-order valence-electron chi connectivity index (χ2n) is 5.14. The number of ether oxygens (including phenoxy) is 1. The third-order valence-corrected chi connectivity index (χ3v) is 3.56. The molecule has 0 spiro atoms. The summed E-state index contributed by atoms with van der Waals surface area (Å²) in [5, 5.41) is 6.18. The molecule has 0 saturated carbocycles. The lowest BCUT2D eigenvalue weighted by Gasteiger charge is -2.25. The van der Waals surface area contributed by atoms with Crippen molar-refractivity contribution in [3.63, 3.8) is 0 Å². The van der Waals surface area contributed by atoms with Crippen LogP contribution in [0.2, 0.25) is 0 Å². The van der Waals surface area contributed by atoms with Gasteiger partial charge in [0.05, 0.1) is 12.5 Å². The molecule has 0 aromatic heterocycles. The molecule has 1 heterocycles. The number of rotatable bonds is 6. The van der Waals surface area contributed by atoms with Crippen LogP contribution in [-0.4, -0.2) is 31.6 Å². The van der Waals surface area contributed by atoms with Gasteiger partial charge in [-0.2, -0.15) is 0 Å². The highest BCUT2D eigenvalue weighted by atomic mass is 16.5. The van der Waals surface area contributed by atoms with Gasteiger partial charge in [-0.1, -0.05) is 18.2 Å². The summed E-state index contributed by atoms with van der Waals surface area (Å²) in [6.07, 6.45) is 1.72. The number of esters is 1. The topological polar surface area (TPSA) is 67.4 Å². The lowest BCUT2D eigenvalue weighted by Crippen LogP contribution is -2.38. The molecule has 114 valence electrons. The Bertz CT molecular complexity index is 502. The van der Waals surface area contributed by atoms with Crippen LogP contribution in [0.15, 0.2) is 24.3 Å². The Morgan fingerprint density at radius 3 is 3.00 bits per heavy atom. The molecule has 2 rings (SSSR count). The monoisotopic (exact) mass is 290 g/mol. The fraction of sp³-hybridized carbons (Fsp3) is 0.500. The van der Waals surface area contributed by atoms with Gasteiger partial charge in [0, 0.05) is 25.2 Å². The molecular weight excluding hydrogens is 268 g/mol. The van der Waals surface area contributed by atoms with Gasteiger partial charge in [-0.15, -0.1) is 0 Å². The minimum absolute atomic E-state index is 0.0425. The van der Waals surface area contributed by atoms with Crippen molar-refractivity contribution < 1.29 is 14.3 Å². The molecule has 1 atom stereocenters. The summed E-state index contributed by atoms with van der Waals surface area (Å²) in [6.45, 7) is 3.35. The predicted molar refractivity (Wildman–Crippen MR) is 81.0 cm³/mol. The van der Waals surface area contributed by atoms with E-state index in [2.05, 4.69) is 10.6 Å². The maximum absolute atomic E-state index is 12.1. The number of carbonyl (C=O) groups excluding carboxylic acids is 2. The van der Waals surface area contributed by atoms with Crippen molar-refractivity contribution in [1.29, 1.82) is 0 Å². The van der Waals surface area contributed by atoms with Crippen molar-refractivity contribution in [2.75, 3.05) is 25.0 Å². The maximum atomic E-state index is 12.1. The lowest BCUT2D eigenvalue weighted by atomic mass is 9.93. The molecule has 1 aromatic carbocycles. The zero-order valence-electron chi connectivity index (χ0n) is 12.4. The molecule has 0 radical (unpaired) electrons. The normalized spacial score (nSPS) is 16.5. The molecule has 1 amide bonds. The number of para-hydroxylation sites is 1. The second kappa shape index (κ2) is 7.67. The van der Waals surface area contributed by atoms with E-state index in [0.717, 1.165) is 12.1 Å². The van der Waals surface area contributed by atoms with Crippen molar-refractivity contribution in [1.82, 2.24) is 5.32 Å². The van der Waals surface area contributed by atoms with Gasteiger partial charge in [0.15, 0.2) is 0 Å². The van der Waals surface area contributed by atoms with Gasteiger partial charge in [-0.3, -0.25) is 9.59 Å². The molecule has 1 aliphatic heterocycles. The highest BCUT2D eigenvalue weighted by Gasteiger charge is 2.23. The highest BCUT2D eigenvalue weighted by molar-refractivity contribution is 5.80. The van der Waals surface area contributed by atoms with Gasteiger partial charge in [0.1, 0.15) is 0 Å². The third kappa shape index (κ3) is 4.48. The number of fused-ring (bicyclic) bond motifs is 1. The first kappa shape index (κ1) is 15.4. The molecule has 1 aliphatic rings. The fourth-order valence-electron chi connectivity index (χ4n) is 2.45. The number of nitrogens with one attached hydrogen (secondary N) is 2. The van der Waals surface area contributed by atoms with Gasteiger partial charge in [0.2, 0.25) is 5.91 Å². The van der Waals surface area contributed by atoms with E-state index in [1.807, 2.05) is 24.3 Å². The van der Waals surface area contributed by atoms with Crippen LogP contribution >= 0.6 is 0 Å². The smallest absolute Gasteiger partial charge is 0.305 e. The molecule has 5 heteroatoms. The van der Waals surface area contributed by atoms with Crippen molar-refractivity contribution in [3.05, 3.63) is 29.8 Å². The summed E-state index contributed by atoms with van der Waals surface area (Å²) in [5.41, 5.74) is 2.29. The standard InChI is InChI=1S/C16H22N2O3/c1-2-21-15(19)8-5-9-17-16(20)13-10-12-6-3-4-7-14(12)18-11-13/h3-4,6-7,13,18H,2,5,8-11H2,1H3,(H,17,20). The molecule has 2 N–H and O–H groups in total. The third-order valence-electron chi connectivity index (χ3n) is 3.56. The van der Waals surface area contributed by atoms with E-state index < -0.39 is 0 Å². The van der Waals surface area contributed by atoms with Crippen molar-refractivity contribution in [2.45, 2.75) is 26.2 Å². The summed E-state index contributed by atoms with van der Waals surface area (Å²) in [7, 11) is 0. The summed E-state index contributed by atoms with van der Waals surface area (Å²) < 4.78 is 4.84. The summed E-state index contributed by atoms with van der Waals surface area (Å²) in [4.78, 5) is 23.3. The van der Waals surface area contributed by atoms with Crippen LogP contribution in [0, 0.1) is 5.92 Å². The van der Waals surface area contributed by atoms with E-state index in [-0.39, 0.29) is 17.8 Å².